The van der Waals surface area contributed by atoms with Crippen molar-refractivity contribution in [3.8, 4) is 0 Å². The molecule has 6 aliphatic heterocycles. The van der Waals surface area contributed by atoms with Gasteiger partial charge in [0.1, 0.15) is 0 Å². The molecule has 12 nitrogen and oxygen atoms in total. The molecule has 546 valence electrons. The Kier molecular flexibility index (Phi) is 47.6. The van der Waals surface area contributed by atoms with Gasteiger partial charge in [0.15, 0.2) is 30.6 Å². The SMILES string of the molecule is CCC(C)(C)C(=O)OC1(C)CSCCCS1.CCC(C)(C)C(=O)OC1(C)SCCCSC1C.CCC(C)(C)C(=O)OC1CSCCCS1.CCC(C)C(=O)OC1(C)CSCCCS1.CCC(C)C(=O)OC1(C)SCCCSC1C.CCC(C)C(=O)OC1CSCCCS1. The van der Waals surface area contributed by atoms with Crippen molar-refractivity contribution in [1.29, 1.82) is 0 Å². The first-order valence-corrected chi connectivity index (χ1v) is 47.0. The van der Waals surface area contributed by atoms with Crippen LogP contribution in [0.3, 0.4) is 0 Å². The molecular formula is C69H126O12S12. The van der Waals surface area contributed by atoms with Crippen molar-refractivity contribution in [3.05, 3.63) is 0 Å². The summed E-state index contributed by atoms with van der Waals surface area (Å²) in [7, 11) is 0. The van der Waals surface area contributed by atoms with Crippen molar-refractivity contribution in [2.24, 2.45) is 34.0 Å². The van der Waals surface area contributed by atoms with Crippen LogP contribution in [0.2, 0.25) is 0 Å². The van der Waals surface area contributed by atoms with Gasteiger partial charge in [-0.2, -0.15) is 70.6 Å². The summed E-state index contributed by atoms with van der Waals surface area (Å²) in [4.78, 5) is 69.8. The molecule has 0 bridgehead atoms. The number of hydrogen-bond donors (Lipinski definition) is 0. The number of thioether (sulfide) groups is 12. The number of carbonyl (C=O) groups excluding carboxylic acids is 6. The highest BCUT2D eigenvalue weighted by Crippen LogP contribution is 2.44. The van der Waals surface area contributed by atoms with Gasteiger partial charge in [0.2, 0.25) is 0 Å². The van der Waals surface area contributed by atoms with Crippen LogP contribution in [0.1, 0.15) is 222 Å². The Bertz CT molecular complexity index is 2110. The van der Waals surface area contributed by atoms with E-state index in [0.717, 1.165) is 96.1 Å². The molecule has 6 saturated heterocycles. The summed E-state index contributed by atoms with van der Waals surface area (Å²) in [5.74, 6) is 17.1. The maximum atomic E-state index is 12.2. The van der Waals surface area contributed by atoms with E-state index in [2.05, 4.69) is 27.7 Å². The predicted molar refractivity (Wildman–Crippen MR) is 424 cm³/mol. The van der Waals surface area contributed by atoms with Crippen molar-refractivity contribution in [3.63, 3.8) is 0 Å². The molecule has 0 N–H and O–H groups in total. The van der Waals surface area contributed by atoms with Crippen LogP contribution < -0.4 is 0 Å². The largest absolute Gasteiger partial charge is 0.450 e. The van der Waals surface area contributed by atoms with Gasteiger partial charge in [-0.15, -0.1) is 70.6 Å². The third-order valence-corrected chi connectivity index (χ3v) is 33.9. The second kappa shape index (κ2) is 48.1. The molecule has 11 unspecified atom stereocenters. The monoisotopic (exact) mass is 1530 g/mol. The zero-order valence-electron chi connectivity index (χ0n) is 61.1. The first-order valence-electron chi connectivity index (χ1n) is 34.2. The topological polar surface area (TPSA) is 158 Å². The molecule has 0 aliphatic carbocycles. The lowest BCUT2D eigenvalue weighted by Gasteiger charge is -2.35. The van der Waals surface area contributed by atoms with E-state index in [1.807, 2.05) is 188 Å². The molecule has 0 aromatic heterocycles. The molecular weight excluding hydrogens is 1410 g/mol. The summed E-state index contributed by atoms with van der Waals surface area (Å²) in [5.41, 5.74) is -0.918. The summed E-state index contributed by atoms with van der Waals surface area (Å²) in [5, 5.41) is 0.722. The van der Waals surface area contributed by atoms with Gasteiger partial charge >= 0.3 is 35.8 Å². The first kappa shape index (κ1) is 92.0. The second-order valence-electron chi connectivity index (χ2n) is 26.8. The minimum atomic E-state index is -0.375. The number of rotatable bonds is 18. The van der Waals surface area contributed by atoms with E-state index >= 15 is 0 Å². The van der Waals surface area contributed by atoms with Gasteiger partial charge in [-0.3, -0.25) is 28.8 Å². The van der Waals surface area contributed by atoms with Crippen LogP contribution in [0.4, 0.5) is 0 Å². The Morgan fingerprint density at radius 1 is 0.387 bits per heavy atom. The molecule has 0 aromatic rings. The van der Waals surface area contributed by atoms with Crippen LogP contribution in [0.15, 0.2) is 0 Å². The quantitative estimate of drug-likeness (QED) is 0.0941. The molecule has 0 aromatic carbocycles. The van der Waals surface area contributed by atoms with Gasteiger partial charge in [-0.1, -0.05) is 62.3 Å². The molecule has 6 heterocycles. The fourth-order valence-electron chi connectivity index (χ4n) is 7.64. The van der Waals surface area contributed by atoms with Gasteiger partial charge in [0.25, 0.3) is 0 Å². The lowest BCUT2D eigenvalue weighted by atomic mass is 9.90. The highest BCUT2D eigenvalue weighted by molar-refractivity contribution is 8.06. The summed E-state index contributed by atoms with van der Waals surface area (Å²) >= 11 is 22.0. The molecule has 24 heteroatoms. The van der Waals surface area contributed by atoms with Crippen molar-refractivity contribution >= 4 is 177 Å². The van der Waals surface area contributed by atoms with Crippen LogP contribution in [0.5, 0.6) is 0 Å². The third kappa shape index (κ3) is 37.2. The summed E-state index contributed by atoms with van der Waals surface area (Å²) in [6.07, 6.45) is 12.3. The average molecular weight is 1530 g/mol. The highest BCUT2D eigenvalue weighted by Gasteiger charge is 2.42. The van der Waals surface area contributed by atoms with Gasteiger partial charge in [0, 0.05) is 23.0 Å². The zero-order chi connectivity index (χ0) is 70.5. The Balaban J connectivity index is 0.000000559. The van der Waals surface area contributed by atoms with Crippen molar-refractivity contribution in [2.75, 3.05) is 92.0 Å². The van der Waals surface area contributed by atoms with Crippen LogP contribution in [0.25, 0.3) is 0 Å². The second-order valence-corrected chi connectivity index (χ2v) is 42.9. The van der Waals surface area contributed by atoms with E-state index in [-0.39, 0.29) is 100 Å². The maximum absolute atomic E-state index is 12.2. The fraction of sp³-hybridized carbons (Fsp3) is 0.913. The lowest BCUT2D eigenvalue weighted by molar-refractivity contribution is -0.161. The minimum absolute atomic E-state index is 0.0119. The predicted octanol–water partition coefficient (Wildman–Crippen LogP) is 20.1. The molecule has 11 atom stereocenters. The standard InChI is InChI=1S/C13H24O2S2.2C12H22O2S2.2C11H20O2S2.C10H18O2S2/c1-6-12(3,4)11(14)15-13(5)10(2)16-8-7-9-17-13;1-5-11(2,3)10(13)14-12(4)9-15-7-6-8-16-12;1-5-9(2)11(13)14-12(4)10(3)15-7-6-8-16-12;1-4-11(2,3)10(12)13-9-8-14-6-5-7-15-9;1-4-9(2)10(12)13-11(3)8-14-6-5-7-15-11;1-3-8(2)10(11)12-9-7-13-5-4-6-14-9/h10H,6-9H2,1-5H3;5-9H2,1-4H3;9-10H,5-8H2,1-4H3;2*9H,4-8H2,1-3H3;8-9H,3-7H2,1-2H3. The summed E-state index contributed by atoms with van der Waals surface area (Å²) < 4.78 is 33.8. The van der Waals surface area contributed by atoms with Crippen molar-refractivity contribution < 1.29 is 57.2 Å². The zero-order valence-corrected chi connectivity index (χ0v) is 70.9. The number of carbonyl (C=O) groups is 6. The van der Waals surface area contributed by atoms with Crippen LogP contribution >= 0.6 is 141 Å². The Hall–Kier alpha value is 1.02. The highest BCUT2D eigenvalue weighted by atomic mass is 32.2. The lowest BCUT2D eigenvalue weighted by Crippen LogP contribution is -2.41. The Morgan fingerprint density at radius 3 is 1.14 bits per heavy atom. The summed E-state index contributed by atoms with van der Waals surface area (Å²) in [6.45, 7) is 42.2. The fourth-order valence-corrected chi connectivity index (χ4v) is 22.8. The van der Waals surface area contributed by atoms with E-state index in [0.29, 0.717) is 10.5 Å². The molecule has 93 heavy (non-hydrogen) atoms. The average Bonchev–Trinajstić information content (AvgIpc) is 1.98. The normalized spacial score (nSPS) is 28.2. The van der Waals surface area contributed by atoms with Crippen LogP contribution in [-0.2, 0) is 57.2 Å². The van der Waals surface area contributed by atoms with Gasteiger partial charge in [0.05, 0.1) is 44.5 Å². The number of ether oxygens (including phenoxy) is 6. The van der Waals surface area contributed by atoms with Crippen LogP contribution in [0, 0.1) is 34.0 Å². The van der Waals surface area contributed by atoms with E-state index in [1.165, 1.54) is 73.0 Å². The molecule has 0 spiro atoms. The van der Waals surface area contributed by atoms with Crippen LogP contribution in [-0.4, -0.2) is 169 Å². The Labute approximate surface area is 618 Å². The van der Waals surface area contributed by atoms with E-state index in [4.69, 9.17) is 28.4 Å². The maximum Gasteiger partial charge on any atom is 0.312 e. The van der Waals surface area contributed by atoms with Gasteiger partial charge in [-0.05, 0) is 229 Å². The smallest absolute Gasteiger partial charge is 0.312 e. The molecule has 0 amide bonds. The van der Waals surface area contributed by atoms with Gasteiger partial charge in [-0.25, -0.2) is 0 Å². The van der Waals surface area contributed by atoms with Gasteiger partial charge < -0.3 is 28.4 Å². The van der Waals surface area contributed by atoms with Crippen molar-refractivity contribution in [1.82, 2.24) is 0 Å². The van der Waals surface area contributed by atoms with E-state index in [1.54, 1.807) is 70.6 Å². The summed E-state index contributed by atoms with van der Waals surface area (Å²) in [6, 6.07) is 0. The van der Waals surface area contributed by atoms with E-state index in [9.17, 15) is 28.8 Å². The molecule has 6 fully saturated rings. The molecule has 6 rings (SSSR count). The van der Waals surface area contributed by atoms with E-state index < -0.39 is 0 Å². The number of esters is 6. The molecule has 0 saturated carbocycles. The first-order chi connectivity index (χ1) is 43.6. The minimum Gasteiger partial charge on any atom is -0.450 e. The third-order valence-electron chi connectivity index (χ3n) is 17.0. The van der Waals surface area contributed by atoms with Crippen molar-refractivity contribution in [2.45, 2.75) is 264 Å². The Morgan fingerprint density at radius 2 is 0.710 bits per heavy atom. The molecule has 6 aliphatic rings. The number of hydrogen-bond acceptors (Lipinski definition) is 24. The molecule has 0 radical (unpaired) electrons.